The summed E-state index contributed by atoms with van der Waals surface area (Å²) < 4.78 is 5.08. The quantitative estimate of drug-likeness (QED) is 0.711. The van der Waals surface area contributed by atoms with E-state index in [1.54, 1.807) is 25.7 Å². The van der Waals surface area contributed by atoms with Gasteiger partial charge in [-0.05, 0) is 27.2 Å². The Bertz CT molecular complexity index is 499. The molecule has 0 fully saturated rings. The van der Waals surface area contributed by atoms with Crippen LogP contribution in [-0.4, -0.2) is 58.6 Å². The van der Waals surface area contributed by atoms with Gasteiger partial charge in [0, 0.05) is 38.6 Å². The zero-order valence-corrected chi connectivity index (χ0v) is 14.3. The maximum absolute atomic E-state index is 11.5. The summed E-state index contributed by atoms with van der Waals surface area (Å²) in [5, 5.41) is 22.6. The van der Waals surface area contributed by atoms with Crippen LogP contribution < -0.4 is 10.2 Å². The molecule has 0 aromatic carbocycles. The first-order valence-corrected chi connectivity index (χ1v) is 7.42. The molecule has 8 heteroatoms. The molecule has 0 saturated carbocycles. The molecule has 1 heterocycles. The SMILES string of the molecule is CN(C)c1ncc(C(O)C(O)CCNC(=O)OC(C)(C)C)cn1. The Kier molecular flexibility index (Phi) is 6.71. The van der Waals surface area contributed by atoms with Crippen LogP contribution in [0.1, 0.15) is 38.9 Å². The third-order valence-electron chi connectivity index (χ3n) is 2.87. The van der Waals surface area contributed by atoms with Crippen LogP contribution >= 0.6 is 0 Å². The van der Waals surface area contributed by atoms with Crippen molar-refractivity contribution in [1.82, 2.24) is 15.3 Å². The highest BCUT2D eigenvalue weighted by molar-refractivity contribution is 5.67. The summed E-state index contributed by atoms with van der Waals surface area (Å²) >= 11 is 0. The Morgan fingerprint density at radius 2 is 1.87 bits per heavy atom. The van der Waals surface area contributed by atoms with Crippen LogP contribution in [0.15, 0.2) is 12.4 Å². The lowest BCUT2D eigenvalue weighted by Gasteiger charge is -2.21. The number of hydrogen-bond acceptors (Lipinski definition) is 7. The van der Waals surface area contributed by atoms with E-state index in [1.807, 2.05) is 14.1 Å². The molecule has 23 heavy (non-hydrogen) atoms. The summed E-state index contributed by atoms with van der Waals surface area (Å²) in [6, 6.07) is 0. The number of rotatable bonds is 6. The van der Waals surface area contributed by atoms with Crippen molar-refractivity contribution in [2.24, 2.45) is 0 Å². The third kappa shape index (κ3) is 6.79. The van der Waals surface area contributed by atoms with Crippen LogP contribution in [0.2, 0.25) is 0 Å². The Labute approximate surface area is 136 Å². The van der Waals surface area contributed by atoms with Crippen LogP contribution in [0.4, 0.5) is 10.7 Å². The number of carbonyl (C=O) groups is 1. The van der Waals surface area contributed by atoms with Crippen molar-refractivity contribution >= 4 is 12.0 Å². The number of aliphatic hydroxyl groups is 2. The summed E-state index contributed by atoms with van der Waals surface area (Å²) in [7, 11) is 3.62. The number of carbonyl (C=O) groups excluding carboxylic acids is 1. The number of anilines is 1. The van der Waals surface area contributed by atoms with Crippen molar-refractivity contribution in [1.29, 1.82) is 0 Å². The van der Waals surface area contributed by atoms with E-state index in [-0.39, 0.29) is 13.0 Å². The molecule has 1 aromatic heterocycles. The van der Waals surface area contributed by atoms with Gasteiger partial charge in [0.1, 0.15) is 11.7 Å². The van der Waals surface area contributed by atoms with Crippen LogP contribution in [0.5, 0.6) is 0 Å². The topological polar surface area (TPSA) is 108 Å². The maximum atomic E-state index is 11.5. The first-order valence-electron chi connectivity index (χ1n) is 7.42. The molecule has 0 spiro atoms. The Hall–Kier alpha value is -1.93. The number of nitrogens with one attached hydrogen (secondary N) is 1. The van der Waals surface area contributed by atoms with E-state index < -0.39 is 23.9 Å². The molecule has 1 amide bonds. The molecule has 0 bridgehead atoms. The number of alkyl carbamates (subject to hydrolysis) is 1. The molecule has 0 saturated heterocycles. The number of nitrogens with zero attached hydrogens (tertiary/aromatic N) is 3. The highest BCUT2D eigenvalue weighted by Gasteiger charge is 2.20. The predicted octanol–water partition coefficient (Wildman–Crippen LogP) is 0.852. The number of aliphatic hydroxyl groups excluding tert-OH is 2. The van der Waals surface area contributed by atoms with E-state index >= 15 is 0 Å². The Morgan fingerprint density at radius 3 is 2.35 bits per heavy atom. The lowest BCUT2D eigenvalue weighted by atomic mass is 10.1. The van der Waals surface area contributed by atoms with E-state index in [9.17, 15) is 15.0 Å². The normalized spacial score (nSPS) is 14.0. The van der Waals surface area contributed by atoms with Crippen molar-refractivity contribution in [2.75, 3.05) is 25.5 Å². The second kappa shape index (κ2) is 8.07. The van der Waals surface area contributed by atoms with Gasteiger partial charge in [0.25, 0.3) is 0 Å². The average Bonchev–Trinajstić information content (AvgIpc) is 2.44. The minimum absolute atomic E-state index is 0.176. The fourth-order valence-electron chi connectivity index (χ4n) is 1.73. The summed E-state index contributed by atoms with van der Waals surface area (Å²) in [6.45, 7) is 5.48. The van der Waals surface area contributed by atoms with Gasteiger partial charge in [-0.3, -0.25) is 0 Å². The molecular weight excluding hydrogens is 300 g/mol. The van der Waals surface area contributed by atoms with E-state index in [2.05, 4.69) is 15.3 Å². The van der Waals surface area contributed by atoms with Gasteiger partial charge in [-0.15, -0.1) is 0 Å². The molecule has 2 atom stereocenters. The third-order valence-corrected chi connectivity index (χ3v) is 2.87. The number of ether oxygens (including phenoxy) is 1. The predicted molar refractivity (Wildman–Crippen MR) is 86.2 cm³/mol. The smallest absolute Gasteiger partial charge is 0.407 e. The molecule has 2 unspecified atom stereocenters. The first-order chi connectivity index (χ1) is 10.6. The average molecular weight is 326 g/mol. The van der Waals surface area contributed by atoms with E-state index in [4.69, 9.17) is 4.74 Å². The van der Waals surface area contributed by atoms with E-state index in [0.29, 0.717) is 11.5 Å². The van der Waals surface area contributed by atoms with E-state index in [1.165, 1.54) is 12.4 Å². The zero-order valence-electron chi connectivity index (χ0n) is 14.3. The molecule has 8 nitrogen and oxygen atoms in total. The van der Waals surface area contributed by atoms with Gasteiger partial charge < -0.3 is 25.2 Å². The molecule has 130 valence electrons. The van der Waals surface area contributed by atoms with Gasteiger partial charge in [0.2, 0.25) is 5.95 Å². The van der Waals surface area contributed by atoms with Crippen LogP contribution in [-0.2, 0) is 4.74 Å². The summed E-state index contributed by atoms with van der Waals surface area (Å²) in [5.41, 5.74) is -0.159. The molecule has 0 aliphatic rings. The van der Waals surface area contributed by atoms with Crippen LogP contribution in [0.3, 0.4) is 0 Å². The van der Waals surface area contributed by atoms with Crippen molar-refractivity contribution < 1.29 is 19.7 Å². The Balaban J connectivity index is 2.45. The molecular formula is C15H26N4O4. The first kappa shape index (κ1) is 19.1. The minimum Gasteiger partial charge on any atom is -0.444 e. The number of amides is 1. The highest BCUT2D eigenvalue weighted by atomic mass is 16.6. The van der Waals surface area contributed by atoms with Gasteiger partial charge in [-0.25, -0.2) is 14.8 Å². The summed E-state index contributed by atoms with van der Waals surface area (Å²) in [6.07, 6.45) is 0.397. The fraction of sp³-hybridized carbons (Fsp3) is 0.667. The fourth-order valence-corrected chi connectivity index (χ4v) is 1.73. The van der Waals surface area contributed by atoms with Gasteiger partial charge in [-0.1, -0.05) is 0 Å². The molecule has 0 radical (unpaired) electrons. The van der Waals surface area contributed by atoms with Crippen LogP contribution in [0.25, 0.3) is 0 Å². The Morgan fingerprint density at radius 1 is 1.30 bits per heavy atom. The largest absolute Gasteiger partial charge is 0.444 e. The molecule has 1 aromatic rings. The van der Waals surface area contributed by atoms with Gasteiger partial charge in [-0.2, -0.15) is 0 Å². The monoisotopic (exact) mass is 326 g/mol. The lowest BCUT2D eigenvalue weighted by molar-refractivity contribution is 0.0119. The van der Waals surface area contributed by atoms with Gasteiger partial charge in [0.15, 0.2) is 0 Å². The summed E-state index contributed by atoms with van der Waals surface area (Å²) in [5.74, 6) is 0.516. The molecule has 3 N–H and O–H groups in total. The molecule has 1 rings (SSSR count). The second-order valence-corrected chi connectivity index (χ2v) is 6.44. The van der Waals surface area contributed by atoms with Crippen molar-refractivity contribution in [2.45, 2.75) is 45.0 Å². The van der Waals surface area contributed by atoms with Crippen LogP contribution in [0, 0.1) is 0 Å². The lowest BCUT2D eigenvalue weighted by Crippen LogP contribution is -2.34. The van der Waals surface area contributed by atoms with Gasteiger partial charge >= 0.3 is 6.09 Å². The molecule has 0 aliphatic carbocycles. The zero-order chi connectivity index (χ0) is 17.6. The van der Waals surface area contributed by atoms with Gasteiger partial charge in [0.05, 0.1) is 6.10 Å². The second-order valence-electron chi connectivity index (χ2n) is 6.44. The highest BCUT2D eigenvalue weighted by Crippen LogP contribution is 2.18. The van der Waals surface area contributed by atoms with E-state index in [0.717, 1.165) is 0 Å². The number of hydrogen-bond donors (Lipinski definition) is 3. The van der Waals surface area contributed by atoms with Crippen molar-refractivity contribution in [3.8, 4) is 0 Å². The van der Waals surface area contributed by atoms with Crippen molar-refractivity contribution in [3.63, 3.8) is 0 Å². The number of aromatic nitrogens is 2. The minimum atomic E-state index is -1.12. The summed E-state index contributed by atoms with van der Waals surface area (Å²) in [4.78, 5) is 21.4. The maximum Gasteiger partial charge on any atom is 0.407 e. The standard InChI is InChI=1S/C15H26N4O4/c1-15(2,3)23-14(22)16-7-6-11(20)12(21)10-8-17-13(18-9-10)19(4)5/h8-9,11-12,20-21H,6-7H2,1-5H3,(H,16,22). The molecule has 0 aliphatic heterocycles. The van der Waals surface area contributed by atoms with Crippen molar-refractivity contribution in [3.05, 3.63) is 18.0 Å².